The monoisotopic (exact) mass is 722 g/mol. The molecule has 0 amide bonds. The van der Waals surface area contributed by atoms with Crippen molar-refractivity contribution in [3.05, 3.63) is 198 Å². The molecule has 10 rings (SSSR count). The van der Waals surface area contributed by atoms with Crippen LogP contribution in [0.4, 0.5) is 28.4 Å². The molecule has 272 valence electrons. The molecule has 0 heterocycles. The highest BCUT2D eigenvalue weighted by Gasteiger charge is 2.36. The number of anilines is 5. The SMILES string of the molecule is CC(C)C1=CC(N(c2ccccc2)c2ccc3ccccc3c2)C2=CCc3c(C(C)C)cc(N(c4ccccc4)c4ccc5ccccc5c4)c4ccc1c2c34. The van der Waals surface area contributed by atoms with E-state index in [2.05, 4.69) is 213 Å². The van der Waals surface area contributed by atoms with Crippen molar-refractivity contribution in [1.29, 1.82) is 0 Å². The van der Waals surface area contributed by atoms with Crippen LogP contribution in [0.5, 0.6) is 0 Å². The van der Waals surface area contributed by atoms with Gasteiger partial charge in [-0.2, -0.15) is 0 Å². The molecule has 8 aromatic rings. The van der Waals surface area contributed by atoms with E-state index < -0.39 is 0 Å². The van der Waals surface area contributed by atoms with E-state index in [0.717, 1.165) is 17.8 Å². The molecule has 8 aromatic carbocycles. The van der Waals surface area contributed by atoms with Crippen LogP contribution in [0.1, 0.15) is 55.9 Å². The van der Waals surface area contributed by atoms with Gasteiger partial charge in [-0.1, -0.05) is 149 Å². The number of benzene rings is 8. The van der Waals surface area contributed by atoms with Gasteiger partial charge >= 0.3 is 0 Å². The zero-order valence-electron chi connectivity index (χ0n) is 32.6. The second kappa shape index (κ2) is 13.7. The molecule has 1 unspecified atom stereocenters. The Kier molecular flexibility index (Phi) is 8.37. The normalized spacial score (nSPS) is 14.7. The summed E-state index contributed by atoms with van der Waals surface area (Å²) in [5.41, 5.74) is 14.4. The molecular formula is C54H46N2. The van der Waals surface area contributed by atoms with Crippen LogP contribution in [-0.4, -0.2) is 6.04 Å². The Morgan fingerprint density at radius 1 is 0.518 bits per heavy atom. The average molecular weight is 723 g/mol. The molecule has 0 radical (unpaired) electrons. The molecule has 0 bridgehead atoms. The summed E-state index contributed by atoms with van der Waals surface area (Å²) in [5.74, 6) is 0.699. The van der Waals surface area contributed by atoms with Gasteiger partial charge in [0, 0.05) is 28.1 Å². The Balaban J connectivity index is 1.25. The van der Waals surface area contributed by atoms with Crippen LogP contribution < -0.4 is 9.80 Å². The summed E-state index contributed by atoms with van der Waals surface area (Å²) in [6, 6.07) is 60.5. The van der Waals surface area contributed by atoms with Crippen molar-refractivity contribution in [2.24, 2.45) is 5.92 Å². The summed E-state index contributed by atoms with van der Waals surface area (Å²) >= 11 is 0. The van der Waals surface area contributed by atoms with Gasteiger partial charge in [-0.05, 0) is 133 Å². The van der Waals surface area contributed by atoms with Crippen molar-refractivity contribution in [2.45, 2.75) is 46.1 Å². The van der Waals surface area contributed by atoms with E-state index in [-0.39, 0.29) is 6.04 Å². The van der Waals surface area contributed by atoms with E-state index in [1.165, 1.54) is 82.8 Å². The fourth-order valence-electron chi connectivity index (χ4n) is 9.40. The lowest BCUT2D eigenvalue weighted by molar-refractivity contribution is 0.831. The lowest BCUT2D eigenvalue weighted by Gasteiger charge is -2.41. The van der Waals surface area contributed by atoms with Crippen LogP contribution in [0.2, 0.25) is 0 Å². The number of allylic oxidation sites excluding steroid dienone is 2. The summed E-state index contributed by atoms with van der Waals surface area (Å²) in [6.07, 6.45) is 6.02. The molecule has 2 aliphatic rings. The topological polar surface area (TPSA) is 6.48 Å². The van der Waals surface area contributed by atoms with Gasteiger partial charge in [-0.3, -0.25) is 0 Å². The molecule has 56 heavy (non-hydrogen) atoms. The van der Waals surface area contributed by atoms with Crippen molar-refractivity contribution < 1.29 is 0 Å². The minimum atomic E-state index is 0.0130. The fraction of sp³-hybridized carbons (Fsp3) is 0.148. The third kappa shape index (κ3) is 5.63. The molecule has 0 saturated heterocycles. The van der Waals surface area contributed by atoms with Crippen LogP contribution in [0.25, 0.3) is 43.5 Å². The molecule has 1 atom stereocenters. The maximum absolute atomic E-state index is 2.58. The summed E-state index contributed by atoms with van der Waals surface area (Å²) < 4.78 is 0. The van der Waals surface area contributed by atoms with E-state index in [9.17, 15) is 0 Å². The Morgan fingerprint density at radius 3 is 1.75 bits per heavy atom. The largest absolute Gasteiger partial charge is 0.330 e. The molecule has 0 aromatic heterocycles. The van der Waals surface area contributed by atoms with Gasteiger partial charge < -0.3 is 9.80 Å². The van der Waals surface area contributed by atoms with Gasteiger partial charge in [-0.25, -0.2) is 0 Å². The molecule has 0 spiro atoms. The molecule has 2 aliphatic carbocycles. The highest BCUT2D eigenvalue weighted by molar-refractivity contribution is 6.12. The first-order valence-corrected chi connectivity index (χ1v) is 20.2. The minimum Gasteiger partial charge on any atom is -0.330 e. The van der Waals surface area contributed by atoms with E-state index in [1.54, 1.807) is 0 Å². The smallest absolute Gasteiger partial charge is 0.0784 e. The fourth-order valence-corrected chi connectivity index (χ4v) is 9.40. The Bertz CT molecular complexity index is 2840. The number of rotatable bonds is 8. The summed E-state index contributed by atoms with van der Waals surface area (Å²) in [6.45, 7) is 9.43. The third-order valence-electron chi connectivity index (χ3n) is 12.0. The van der Waals surface area contributed by atoms with E-state index in [0.29, 0.717) is 11.8 Å². The van der Waals surface area contributed by atoms with Crippen molar-refractivity contribution in [1.82, 2.24) is 0 Å². The number of hydrogen-bond donors (Lipinski definition) is 0. The number of hydrogen-bond acceptors (Lipinski definition) is 2. The van der Waals surface area contributed by atoms with Gasteiger partial charge in [-0.15, -0.1) is 0 Å². The van der Waals surface area contributed by atoms with Crippen LogP contribution in [-0.2, 0) is 6.42 Å². The van der Waals surface area contributed by atoms with Crippen LogP contribution in [0.3, 0.4) is 0 Å². The first-order chi connectivity index (χ1) is 27.4. The number of nitrogens with zero attached hydrogens (tertiary/aromatic N) is 2. The van der Waals surface area contributed by atoms with Gasteiger partial charge in [0.2, 0.25) is 0 Å². The maximum atomic E-state index is 2.58. The third-order valence-corrected chi connectivity index (χ3v) is 12.0. The Hall–Kier alpha value is -6.38. The predicted octanol–water partition coefficient (Wildman–Crippen LogP) is 14.9. The Labute approximate surface area is 330 Å². The van der Waals surface area contributed by atoms with E-state index in [1.807, 2.05) is 0 Å². The highest BCUT2D eigenvalue weighted by atomic mass is 15.2. The zero-order chi connectivity index (χ0) is 37.9. The average Bonchev–Trinajstić information content (AvgIpc) is 3.24. The van der Waals surface area contributed by atoms with Gasteiger partial charge in [0.1, 0.15) is 0 Å². The van der Waals surface area contributed by atoms with Crippen LogP contribution in [0.15, 0.2) is 176 Å². The Morgan fingerprint density at radius 2 is 1.11 bits per heavy atom. The zero-order valence-corrected chi connectivity index (χ0v) is 32.6. The summed E-state index contributed by atoms with van der Waals surface area (Å²) in [7, 11) is 0. The van der Waals surface area contributed by atoms with E-state index >= 15 is 0 Å². The van der Waals surface area contributed by atoms with Crippen molar-refractivity contribution in [2.75, 3.05) is 9.80 Å². The molecular weight excluding hydrogens is 677 g/mol. The predicted molar refractivity (Wildman–Crippen MR) is 241 cm³/mol. The highest BCUT2D eigenvalue weighted by Crippen LogP contribution is 2.52. The second-order valence-electron chi connectivity index (χ2n) is 16.1. The van der Waals surface area contributed by atoms with E-state index in [4.69, 9.17) is 0 Å². The van der Waals surface area contributed by atoms with Crippen LogP contribution in [0, 0.1) is 5.92 Å². The first-order valence-electron chi connectivity index (χ1n) is 20.2. The standard InChI is InChI=1S/C54H46N2/c1-35(2)49-33-51(55(41-19-7-5-8-20-41)43-25-23-37-15-11-13-17-39(37)31-43)47-30-28-46-50(36(3)4)34-52(48-29-27-45(49)53(47)54(46)48)56(42-21-9-6-10-22-42)44-26-24-38-16-12-14-18-40(38)32-44/h5-27,29-36,51H,28H2,1-4H3. The lowest BCUT2D eigenvalue weighted by atomic mass is 9.72. The minimum absolute atomic E-state index is 0.0130. The molecule has 0 saturated carbocycles. The van der Waals surface area contributed by atoms with Crippen molar-refractivity contribution in [3.63, 3.8) is 0 Å². The molecule has 2 nitrogen and oxygen atoms in total. The molecule has 0 fully saturated rings. The van der Waals surface area contributed by atoms with Crippen molar-refractivity contribution >= 4 is 71.9 Å². The summed E-state index contributed by atoms with van der Waals surface area (Å²) in [4.78, 5) is 5.07. The maximum Gasteiger partial charge on any atom is 0.0784 e. The first kappa shape index (κ1) is 34.1. The van der Waals surface area contributed by atoms with Gasteiger partial charge in [0.25, 0.3) is 0 Å². The quantitative estimate of drug-likeness (QED) is 0.154. The number of fused-ring (bicyclic) bond motifs is 2. The van der Waals surface area contributed by atoms with Crippen molar-refractivity contribution in [3.8, 4) is 0 Å². The van der Waals surface area contributed by atoms with Gasteiger partial charge in [0.05, 0.1) is 11.7 Å². The second-order valence-corrected chi connectivity index (χ2v) is 16.1. The van der Waals surface area contributed by atoms with Gasteiger partial charge in [0.15, 0.2) is 0 Å². The molecule has 0 N–H and O–H groups in total. The van der Waals surface area contributed by atoms with Crippen LogP contribution >= 0.6 is 0 Å². The molecule has 0 aliphatic heterocycles. The lowest BCUT2D eigenvalue weighted by Crippen LogP contribution is -2.34. The number of para-hydroxylation sites is 2. The molecule has 2 heteroatoms. The summed E-state index contributed by atoms with van der Waals surface area (Å²) in [5, 5.41) is 7.70.